The maximum atomic E-state index is 10.1. The van der Waals surface area contributed by atoms with Gasteiger partial charge in [0, 0.05) is 19.1 Å². The van der Waals surface area contributed by atoms with E-state index in [1.54, 1.807) is 0 Å². The van der Waals surface area contributed by atoms with E-state index in [0.29, 0.717) is 6.04 Å². The average molecular weight is 305 g/mol. The van der Waals surface area contributed by atoms with Crippen molar-refractivity contribution in [2.75, 3.05) is 36.5 Å². The van der Waals surface area contributed by atoms with Gasteiger partial charge in [-0.25, -0.2) is 4.98 Å². The number of aromatic nitrogens is 1. The van der Waals surface area contributed by atoms with Gasteiger partial charge in [0.15, 0.2) is 0 Å². The summed E-state index contributed by atoms with van der Waals surface area (Å²) in [4.78, 5) is 7.07. The number of aryl methyl sites for hydroxylation is 1. The number of rotatable bonds is 3. The molecule has 1 aromatic rings. The third-order valence-corrected chi connectivity index (χ3v) is 4.71. The van der Waals surface area contributed by atoms with Gasteiger partial charge in [-0.05, 0) is 57.2 Å². The lowest BCUT2D eigenvalue weighted by Crippen LogP contribution is -2.37. The number of anilines is 2. The number of nitrogens with zero attached hydrogens (tertiary/aromatic N) is 2. The SMILES string of the molecule is Cc1cc(N[C@H]2CC[C@](C)(O)CC2)nc(N2CCOCC2)c1. The monoisotopic (exact) mass is 305 g/mol. The van der Waals surface area contributed by atoms with E-state index in [2.05, 4.69) is 29.3 Å². The minimum Gasteiger partial charge on any atom is -0.390 e. The minimum absolute atomic E-state index is 0.409. The third kappa shape index (κ3) is 3.90. The summed E-state index contributed by atoms with van der Waals surface area (Å²) in [7, 11) is 0. The normalized spacial score (nSPS) is 29.4. The Labute approximate surface area is 132 Å². The quantitative estimate of drug-likeness (QED) is 0.897. The summed E-state index contributed by atoms with van der Waals surface area (Å²) in [6, 6.07) is 4.66. The highest BCUT2D eigenvalue weighted by atomic mass is 16.5. The second-order valence-corrected chi connectivity index (χ2v) is 6.90. The van der Waals surface area contributed by atoms with Crippen molar-refractivity contribution in [1.82, 2.24) is 4.98 Å². The van der Waals surface area contributed by atoms with Crippen LogP contribution in [0.25, 0.3) is 0 Å². The summed E-state index contributed by atoms with van der Waals surface area (Å²) >= 11 is 0. The van der Waals surface area contributed by atoms with Gasteiger partial charge in [0.2, 0.25) is 0 Å². The van der Waals surface area contributed by atoms with Crippen LogP contribution >= 0.6 is 0 Å². The summed E-state index contributed by atoms with van der Waals surface area (Å²) in [5.74, 6) is 1.99. The third-order valence-electron chi connectivity index (χ3n) is 4.71. The Balaban J connectivity index is 1.67. The van der Waals surface area contributed by atoms with Crippen LogP contribution in [-0.2, 0) is 4.74 Å². The van der Waals surface area contributed by atoms with Gasteiger partial charge in [-0.3, -0.25) is 0 Å². The van der Waals surface area contributed by atoms with Crippen LogP contribution in [0.4, 0.5) is 11.6 Å². The Kier molecular flexibility index (Phi) is 4.54. The van der Waals surface area contributed by atoms with Gasteiger partial charge < -0.3 is 20.1 Å². The van der Waals surface area contributed by atoms with Crippen molar-refractivity contribution in [3.05, 3.63) is 17.7 Å². The number of aliphatic hydroxyl groups is 1. The maximum Gasteiger partial charge on any atom is 0.131 e. The molecule has 1 saturated carbocycles. The fourth-order valence-electron chi connectivity index (χ4n) is 3.27. The predicted molar refractivity (Wildman–Crippen MR) is 88.5 cm³/mol. The molecule has 2 aliphatic rings. The van der Waals surface area contributed by atoms with Crippen LogP contribution in [0.5, 0.6) is 0 Å². The molecule has 5 nitrogen and oxygen atoms in total. The number of hydrogen-bond donors (Lipinski definition) is 2. The summed E-state index contributed by atoms with van der Waals surface area (Å²) in [6.45, 7) is 7.41. The molecule has 0 bridgehead atoms. The fourth-order valence-corrected chi connectivity index (χ4v) is 3.27. The van der Waals surface area contributed by atoms with Crippen molar-refractivity contribution in [1.29, 1.82) is 0 Å². The zero-order chi connectivity index (χ0) is 15.6. The van der Waals surface area contributed by atoms with E-state index in [4.69, 9.17) is 9.72 Å². The van der Waals surface area contributed by atoms with Gasteiger partial charge in [-0.2, -0.15) is 0 Å². The van der Waals surface area contributed by atoms with Crippen LogP contribution in [0.15, 0.2) is 12.1 Å². The number of morpholine rings is 1. The molecule has 1 saturated heterocycles. The van der Waals surface area contributed by atoms with Gasteiger partial charge in [0.05, 0.1) is 18.8 Å². The standard InChI is InChI=1S/C17H27N3O2/c1-13-11-15(18-14-3-5-17(2,21)6-4-14)19-16(12-13)20-7-9-22-10-8-20/h11-12,14,21H,3-10H2,1-2H3,(H,18,19)/t14-,17-. The molecule has 0 unspecified atom stereocenters. The molecule has 22 heavy (non-hydrogen) atoms. The van der Waals surface area contributed by atoms with Crippen LogP contribution in [0.1, 0.15) is 38.2 Å². The predicted octanol–water partition coefficient (Wildman–Crippen LogP) is 2.33. The molecule has 3 rings (SSSR count). The van der Waals surface area contributed by atoms with Crippen molar-refractivity contribution >= 4 is 11.6 Å². The highest BCUT2D eigenvalue weighted by Gasteiger charge is 2.28. The number of pyridine rings is 1. The lowest BCUT2D eigenvalue weighted by molar-refractivity contribution is 0.0196. The first-order valence-electron chi connectivity index (χ1n) is 8.32. The molecule has 1 aliphatic carbocycles. The van der Waals surface area contributed by atoms with Crippen molar-refractivity contribution in [2.45, 2.75) is 51.2 Å². The van der Waals surface area contributed by atoms with Gasteiger partial charge in [-0.1, -0.05) is 0 Å². The Morgan fingerprint density at radius 1 is 1.27 bits per heavy atom. The second-order valence-electron chi connectivity index (χ2n) is 6.90. The molecule has 1 aliphatic heterocycles. The zero-order valence-electron chi connectivity index (χ0n) is 13.6. The molecule has 2 heterocycles. The second kappa shape index (κ2) is 6.42. The molecule has 5 heteroatoms. The summed E-state index contributed by atoms with van der Waals surface area (Å²) < 4.78 is 5.41. The fraction of sp³-hybridized carbons (Fsp3) is 0.706. The van der Waals surface area contributed by atoms with E-state index in [1.165, 1.54) is 5.56 Å². The van der Waals surface area contributed by atoms with Crippen LogP contribution in [0.3, 0.4) is 0 Å². The van der Waals surface area contributed by atoms with Gasteiger partial charge in [-0.15, -0.1) is 0 Å². The van der Waals surface area contributed by atoms with E-state index >= 15 is 0 Å². The molecular formula is C17H27N3O2. The van der Waals surface area contributed by atoms with E-state index in [0.717, 1.165) is 63.6 Å². The van der Waals surface area contributed by atoms with Crippen LogP contribution in [0.2, 0.25) is 0 Å². The summed E-state index contributed by atoms with van der Waals surface area (Å²) in [5, 5.41) is 13.6. The van der Waals surface area contributed by atoms with E-state index in [-0.39, 0.29) is 0 Å². The molecule has 122 valence electrons. The molecule has 2 N–H and O–H groups in total. The van der Waals surface area contributed by atoms with Crippen molar-refractivity contribution in [2.24, 2.45) is 0 Å². The van der Waals surface area contributed by atoms with Crippen LogP contribution < -0.4 is 10.2 Å². The number of nitrogens with one attached hydrogen (secondary N) is 1. The lowest BCUT2D eigenvalue weighted by Gasteiger charge is -2.34. The smallest absolute Gasteiger partial charge is 0.131 e. The van der Waals surface area contributed by atoms with Gasteiger partial charge in [0.1, 0.15) is 11.6 Å². The highest BCUT2D eigenvalue weighted by Crippen LogP contribution is 2.29. The van der Waals surface area contributed by atoms with E-state index in [9.17, 15) is 5.11 Å². The zero-order valence-corrected chi connectivity index (χ0v) is 13.6. The lowest BCUT2D eigenvalue weighted by atomic mass is 9.84. The molecule has 0 radical (unpaired) electrons. The van der Waals surface area contributed by atoms with E-state index < -0.39 is 5.60 Å². The Morgan fingerprint density at radius 3 is 2.64 bits per heavy atom. The topological polar surface area (TPSA) is 57.6 Å². The molecule has 1 aromatic heterocycles. The Bertz CT molecular complexity index is 503. The van der Waals surface area contributed by atoms with Crippen molar-refractivity contribution < 1.29 is 9.84 Å². The minimum atomic E-state index is -0.489. The number of ether oxygens (including phenoxy) is 1. The van der Waals surface area contributed by atoms with Gasteiger partial charge >= 0.3 is 0 Å². The first-order chi connectivity index (χ1) is 10.5. The summed E-state index contributed by atoms with van der Waals surface area (Å²) in [5.41, 5.74) is 0.735. The van der Waals surface area contributed by atoms with Crippen molar-refractivity contribution in [3.63, 3.8) is 0 Å². The molecule has 0 aromatic carbocycles. The molecular weight excluding hydrogens is 278 g/mol. The van der Waals surface area contributed by atoms with Gasteiger partial charge in [0.25, 0.3) is 0 Å². The molecule has 0 spiro atoms. The first-order valence-corrected chi connectivity index (χ1v) is 8.32. The first kappa shape index (κ1) is 15.6. The highest BCUT2D eigenvalue weighted by molar-refractivity contribution is 5.51. The van der Waals surface area contributed by atoms with Crippen molar-refractivity contribution in [3.8, 4) is 0 Å². The maximum absolute atomic E-state index is 10.1. The average Bonchev–Trinajstić information content (AvgIpc) is 2.50. The molecule has 2 fully saturated rings. The molecule has 0 amide bonds. The largest absolute Gasteiger partial charge is 0.390 e. The van der Waals surface area contributed by atoms with Crippen LogP contribution in [-0.4, -0.2) is 48.0 Å². The van der Waals surface area contributed by atoms with E-state index in [1.807, 2.05) is 6.92 Å². The number of hydrogen-bond acceptors (Lipinski definition) is 5. The molecule has 0 atom stereocenters. The Morgan fingerprint density at radius 2 is 1.95 bits per heavy atom. The summed E-state index contributed by atoms with van der Waals surface area (Å²) in [6.07, 6.45) is 3.70. The Hall–Kier alpha value is -1.33. The van der Waals surface area contributed by atoms with Crippen LogP contribution in [0, 0.1) is 6.92 Å².